The van der Waals surface area contributed by atoms with Crippen molar-refractivity contribution in [2.75, 3.05) is 5.32 Å². The highest BCUT2D eigenvalue weighted by molar-refractivity contribution is 7.15. The largest absolute Gasteiger partial charge is 0.573 e. The molecule has 4 aliphatic rings. The number of hydrogen-bond donors (Lipinski definition) is 1. The zero-order valence-corrected chi connectivity index (χ0v) is 20.7. The Morgan fingerprint density at radius 2 is 1.80 bits per heavy atom. The number of nitrogens with one attached hydrogen (secondary N) is 1. The van der Waals surface area contributed by atoms with E-state index in [2.05, 4.69) is 30.0 Å². The van der Waals surface area contributed by atoms with Crippen LogP contribution in [0.1, 0.15) is 62.9 Å². The summed E-state index contributed by atoms with van der Waals surface area (Å²) < 4.78 is 41.2. The summed E-state index contributed by atoms with van der Waals surface area (Å²) in [5, 5.41) is 4.02. The molecule has 186 valence electrons. The molecular weight excluding hydrogens is 473 g/mol. The summed E-state index contributed by atoms with van der Waals surface area (Å²) in [7, 11) is 0. The highest BCUT2D eigenvalue weighted by Gasteiger charge is 2.59. The minimum absolute atomic E-state index is 0.0742. The van der Waals surface area contributed by atoms with Gasteiger partial charge in [0, 0.05) is 22.4 Å². The molecular formula is C27H29F3N2O2S. The molecule has 4 aliphatic carbocycles. The van der Waals surface area contributed by atoms with Crippen molar-refractivity contribution in [1.29, 1.82) is 0 Å². The number of ketones is 1. The van der Waals surface area contributed by atoms with Gasteiger partial charge in [0.05, 0.1) is 5.69 Å². The molecule has 0 unspecified atom stereocenters. The van der Waals surface area contributed by atoms with E-state index in [4.69, 9.17) is 4.98 Å². The molecule has 2 aromatic rings. The standard InChI is InChI=1S/C27H29F3N2O2S/c1-25-14-12-21-23(32-24(35-21)31-15-3-5-16(6-4-15)34-27(28,29)30)20(25)8-7-17-18-9-10-22(33)26(18,2)13-11-19(17)25/h3-6,8,17-19H,7,9-14H2,1-2H3,(H,31,32)/t17-,18-,19-,25+,26-/m0/s1. The minimum Gasteiger partial charge on any atom is -0.406 e. The second-order valence-electron chi connectivity index (χ2n) is 11.1. The number of anilines is 2. The number of Topliss-reactive ketones (excluding diaryl/α,β-unsaturated/α-hetero) is 1. The molecule has 4 nitrogen and oxygen atoms in total. The molecule has 1 aromatic carbocycles. The number of carbonyl (C=O) groups is 1. The molecule has 1 heterocycles. The van der Waals surface area contributed by atoms with Crippen molar-refractivity contribution in [2.45, 2.75) is 65.2 Å². The highest BCUT2D eigenvalue weighted by atomic mass is 32.1. The average Bonchev–Trinajstić information content (AvgIpc) is 3.34. The number of rotatable bonds is 3. The summed E-state index contributed by atoms with van der Waals surface area (Å²) in [6.07, 6.45) is 4.68. The lowest BCUT2D eigenvalue weighted by atomic mass is 9.48. The monoisotopic (exact) mass is 502 g/mol. The van der Waals surface area contributed by atoms with Crippen molar-refractivity contribution >= 4 is 33.5 Å². The lowest BCUT2D eigenvalue weighted by Crippen LogP contribution is -2.49. The quantitative estimate of drug-likeness (QED) is 0.471. The maximum atomic E-state index is 12.7. The Morgan fingerprint density at radius 3 is 2.54 bits per heavy atom. The number of benzene rings is 1. The first-order chi connectivity index (χ1) is 16.6. The van der Waals surface area contributed by atoms with E-state index in [1.54, 1.807) is 23.5 Å². The molecule has 0 spiro atoms. The Labute approximate surface area is 207 Å². The van der Waals surface area contributed by atoms with Crippen LogP contribution in [0, 0.1) is 28.6 Å². The van der Waals surface area contributed by atoms with Crippen LogP contribution in [-0.2, 0) is 11.2 Å². The van der Waals surface area contributed by atoms with Crippen molar-refractivity contribution < 1.29 is 22.7 Å². The minimum atomic E-state index is -4.70. The second-order valence-corrected chi connectivity index (χ2v) is 12.1. The maximum Gasteiger partial charge on any atom is 0.573 e. The van der Waals surface area contributed by atoms with Crippen molar-refractivity contribution in [1.82, 2.24) is 4.98 Å². The zero-order valence-electron chi connectivity index (χ0n) is 19.9. The summed E-state index contributed by atoms with van der Waals surface area (Å²) in [6, 6.07) is 5.74. The zero-order chi connectivity index (χ0) is 24.6. The van der Waals surface area contributed by atoms with Crippen LogP contribution in [0.5, 0.6) is 5.75 Å². The molecule has 0 bridgehead atoms. The predicted molar refractivity (Wildman–Crippen MR) is 130 cm³/mol. The Balaban J connectivity index is 1.25. The number of hydrogen-bond acceptors (Lipinski definition) is 5. The van der Waals surface area contributed by atoms with Gasteiger partial charge in [-0.1, -0.05) is 19.9 Å². The van der Waals surface area contributed by atoms with E-state index in [1.807, 2.05) is 0 Å². The summed E-state index contributed by atoms with van der Waals surface area (Å²) in [5.74, 6) is 1.89. The number of ether oxygens (including phenoxy) is 1. The van der Waals surface area contributed by atoms with Crippen LogP contribution >= 0.6 is 11.3 Å². The van der Waals surface area contributed by atoms with E-state index in [0.717, 1.165) is 55.8 Å². The topological polar surface area (TPSA) is 51.2 Å². The SMILES string of the molecule is C[C@]12CCc3sc(Nc4ccc(OC(F)(F)F)cc4)nc3C1=CC[C@@H]1[C@@H]2CC[C@]2(C)C(=O)CC[C@@H]12. The van der Waals surface area contributed by atoms with E-state index in [-0.39, 0.29) is 16.6 Å². The van der Waals surface area contributed by atoms with Gasteiger partial charge in [-0.2, -0.15) is 0 Å². The number of aromatic nitrogens is 1. The molecule has 6 rings (SSSR count). The van der Waals surface area contributed by atoms with E-state index in [9.17, 15) is 18.0 Å². The van der Waals surface area contributed by atoms with Crippen molar-refractivity contribution in [3.8, 4) is 5.75 Å². The first-order valence-electron chi connectivity index (χ1n) is 12.4. The van der Waals surface area contributed by atoms with Gasteiger partial charge in [0.1, 0.15) is 11.5 Å². The molecule has 0 aliphatic heterocycles. The molecule has 5 atom stereocenters. The van der Waals surface area contributed by atoms with E-state index in [0.29, 0.717) is 29.2 Å². The first kappa shape index (κ1) is 23.1. The first-order valence-corrected chi connectivity index (χ1v) is 13.3. The van der Waals surface area contributed by atoms with Gasteiger partial charge in [0.25, 0.3) is 0 Å². The number of nitrogens with zero attached hydrogens (tertiary/aromatic N) is 1. The third-order valence-corrected chi connectivity index (χ3v) is 10.4. The molecule has 2 fully saturated rings. The molecule has 2 saturated carbocycles. The van der Waals surface area contributed by atoms with Gasteiger partial charge in [0.2, 0.25) is 0 Å². The summed E-state index contributed by atoms with van der Waals surface area (Å²) in [6.45, 7) is 4.62. The van der Waals surface area contributed by atoms with Crippen LogP contribution in [0.4, 0.5) is 24.0 Å². The third-order valence-electron chi connectivity index (χ3n) is 9.34. The predicted octanol–water partition coefficient (Wildman–Crippen LogP) is 7.54. The average molecular weight is 503 g/mol. The van der Waals surface area contributed by atoms with Gasteiger partial charge < -0.3 is 10.1 Å². The number of carbonyl (C=O) groups excluding carboxylic acids is 1. The number of allylic oxidation sites excluding steroid dienone is 2. The Hall–Kier alpha value is -2.35. The fourth-order valence-corrected chi connectivity index (χ4v) is 8.57. The smallest absolute Gasteiger partial charge is 0.406 e. The van der Waals surface area contributed by atoms with Gasteiger partial charge in [-0.05, 0) is 91.5 Å². The lowest BCUT2D eigenvalue weighted by Gasteiger charge is -2.55. The normalized spacial score (nSPS) is 33.8. The van der Waals surface area contributed by atoms with Crippen LogP contribution in [0.25, 0.3) is 5.57 Å². The molecule has 0 radical (unpaired) electrons. The van der Waals surface area contributed by atoms with Gasteiger partial charge in [-0.25, -0.2) is 4.98 Å². The summed E-state index contributed by atoms with van der Waals surface area (Å²) >= 11 is 1.62. The number of aryl methyl sites for hydroxylation is 1. The molecule has 8 heteroatoms. The highest BCUT2D eigenvalue weighted by Crippen LogP contribution is 2.65. The lowest BCUT2D eigenvalue weighted by molar-refractivity contribution is -0.274. The molecule has 0 saturated heterocycles. The number of halogens is 3. The van der Waals surface area contributed by atoms with Crippen LogP contribution in [0.2, 0.25) is 0 Å². The van der Waals surface area contributed by atoms with Gasteiger partial charge >= 0.3 is 6.36 Å². The Morgan fingerprint density at radius 1 is 1.06 bits per heavy atom. The number of fused-ring (bicyclic) bond motifs is 7. The van der Waals surface area contributed by atoms with Gasteiger partial charge in [-0.3, -0.25) is 4.79 Å². The second kappa shape index (κ2) is 7.82. The number of alkyl halides is 3. The maximum absolute atomic E-state index is 12.7. The van der Waals surface area contributed by atoms with E-state index < -0.39 is 6.36 Å². The summed E-state index contributed by atoms with van der Waals surface area (Å²) in [4.78, 5) is 18.9. The van der Waals surface area contributed by atoms with Crippen molar-refractivity contribution in [2.24, 2.45) is 28.6 Å². The Bertz CT molecular complexity index is 1200. The van der Waals surface area contributed by atoms with Crippen LogP contribution < -0.4 is 10.1 Å². The number of thiazole rings is 1. The van der Waals surface area contributed by atoms with Gasteiger partial charge in [-0.15, -0.1) is 24.5 Å². The van der Waals surface area contributed by atoms with Crippen LogP contribution in [0.3, 0.4) is 0 Å². The summed E-state index contributed by atoms with van der Waals surface area (Å²) in [5.41, 5.74) is 3.05. The Kier molecular flexibility index (Phi) is 5.16. The van der Waals surface area contributed by atoms with Gasteiger partial charge in [0.15, 0.2) is 5.13 Å². The third kappa shape index (κ3) is 3.71. The van der Waals surface area contributed by atoms with Crippen molar-refractivity contribution in [3.05, 3.63) is 40.9 Å². The van der Waals surface area contributed by atoms with E-state index in [1.165, 1.54) is 22.6 Å². The van der Waals surface area contributed by atoms with E-state index >= 15 is 0 Å². The fourth-order valence-electron chi connectivity index (χ4n) is 7.57. The molecule has 1 N–H and O–H groups in total. The fraction of sp³-hybridized carbons (Fsp3) is 0.556. The molecule has 35 heavy (non-hydrogen) atoms. The van der Waals surface area contributed by atoms with Crippen LogP contribution in [0.15, 0.2) is 30.3 Å². The molecule has 0 amide bonds. The van der Waals surface area contributed by atoms with Crippen molar-refractivity contribution in [3.63, 3.8) is 0 Å². The van der Waals surface area contributed by atoms with Crippen LogP contribution in [-0.4, -0.2) is 17.1 Å². The molecule has 1 aromatic heterocycles.